The largest absolute Gasteiger partial charge is 0.0617 e. The van der Waals surface area contributed by atoms with Gasteiger partial charge < -0.3 is 0 Å². The highest BCUT2D eigenvalue weighted by Gasteiger charge is 2.89. The van der Waals surface area contributed by atoms with Crippen LogP contribution in [0.3, 0.4) is 0 Å². The smallest absolute Gasteiger partial charge is 0.0224 e. The van der Waals surface area contributed by atoms with Crippen LogP contribution in [0.4, 0.5) is 0 Å². The Morgan fingerprint density at radius 1 is 0.737 bits per heavy atom. The van der Waals surface area contributed by atoms with Crippen molar-refractivity contribution in [3.63, 3.8) is 0 Å². The molecule has 0 aromatic carbocycles. The van der Waals surface area contributed by atoms with Crippen molar-refractivity contribution in [2.45, 2.75) is 47.5 Å². The highest BCUT2D eigenvalue weighted by atomic mass is 14.9. The Bertz CT molecular complexity index is 514. The molecular weight excluding hydrogens is 228 g/mol. The maximum Gasteiger partial charge on any atom is -0.0224 e. The summed E-state index contributed by atoms with van der Waals surface area (Å²) in [6.45, 7) is 13.5. The SMILES string of the molecule is CC1C2C3C4CC5C6C(C)C4(C)C(CC15C)C2C63C. The van der Waals surface area contributed by atoms with Crippen LogP contribution in [0.5, 0.6) is 0 Å². The second-order valence-corrected chi connectivity index (χ2v) is 10.2. The lowest BCUT2D eigenvalue weighted by Gasteiger charge is -2.85. The maximum absolute atomic E-state index is 2.74. The van der Waals surface area contributed by atoms with E-state index < -0.39 is 0 Å². The molecule has 0 saturated heterocycles. The van der Waals surface area contributed by atoms with Crippen molar-refractivity contribution in [1.82, 2.24) is 0 Å². The van der Waals surface area contributed by atoms with Crippen molar-refractivity contribution in [2.75, 3.05) is 0 Å². The molecule has 0 heterocycles. The van der Waals surface area contributed by atoms with Crippen molar-refractivity contribution >= 4 is 0 Å². The third-order valence-corrected chi connectivity index (χ3v) is 11.0. The van der Waals surface area contributed by atoms with Gasteiger partial charge in [-0.2, -0.15) is 0 Å². The highest BCUT2D eigenvalue weighted by Crippen LogP contribution is 2.94. The first kappa shape index (κ1) is 10.7. The van der Waals surface area contributed by atoms with Gasteiger partial charge in [-0.1, -0.05) is 34.6 Å². The summed E-state index contributed by atoms with van der Waals surface area (Å²) in [4.78, 5) is 0. The average molecular weight is 256 g/mol. The van der Waals surface area contributed by atoms with Crippen LogP contribution >= 0.6 is 0 Å². The minimum absolute atomic E-state index is 0.709. The van der Waals surface area contributed by atoms with Crippen LogP contribution in [0.2, 0.25) is 0 Å². The fourth-order valence-electron chi connectivity index (χ4n) is 10.5. The van der Waals surface area contributed by atoms with E-state index in [0.29, 0.717) is 5.41 Å². The van der Waals surface area contributed by atoms with Gasteiger partial charge in [0.1, 0.15) is 0 Å². The molecule has 104 valence electrons. The zero-order valence-corrected chi connectivity index (χ0v) is 13.1. The van der Waals surface area contributed by atoms with Gasteiger partial charge in [0, 0.05) is 0 Å². The van der Waals surface area contributed by atoms with Gasteiger partial charge >= 0.3 is 0 Å². The molecule has 13 aliphatic carbocycles. The van der Waals surface area contributed by atoms with Gasteiger partial charge in [-0.05, 0) is 82.3 Å². The van der Waals surface area contributed by atoms with E-state index in [1.54, 1.807) is 12.8 Å². The quantitative estimate of drug-likeness (QED) is 0.600. The molecular formula is C19H28. The Hall–Kier alpha value is 0. The Labute approximate surface area is 117 Å². The molecule has 0 aromatic rings. The molecule has 0 amide bonds. The van der Waals surface area contributed by atoms with Gasteiger partial charge in [-0.15, -0.1) is 0 Å². The number of hydrogen-bond acceptors (Lipinski definition) is 0. The van der Waals surface area contributed by atoms with Crippen molar-refractivity contribution in [3.8, 4) is 0 Å². The first-order valence-electron chi connectivity index (χ1n) is 8.88. The number of rotatable bonds is 0. The molecule has 12 atom stereocenters. The van der Waals surface area contributed by atoms with Crippen LogP contribution in [0.15, 0.2) is 0 Å². The third-order valence-electron chi connectivity index (χ3n) is 11.0. The van der Waals surface area contributed by atoms with Crippen LogP contribution in [0.1, 0.15) is 47.5 Å². The summed E-state index contributed by atoms with van der Waals surface area (Å²) in [6, 6.07) is 0. The molecule has 0 nitrogen and oxygen atoms in total. The van der Waals surface area contributed by atoms with Crippen LogP contribution < -0.4 is 0 Å². The van der Waals surface area contributed by atoms with Crippen LogP contribution in [-0.4, -0.2) is 0 Å². The first-order valence-corrected chi connectivity index (χ1v) is 8.88. The lowest BCUT2D eigenvalue weighted by atomic mass is 9.19. The standard InChI is InChI=1S/C19H28/c1-8-13-15-11-6-10-14-9(2)18(11,4)12(7-17(8,10)3)16(13)19(14,15)5/h8-16H,6-7H2,1-5H3. The summed E-state index contributed by atoms with van der Waals surface area (Å²) in [5.74, 6) is 9.82. The Balaban J connectivity index is 1.76. The van der Waals surface area contributed by atoms with E-state index in [1.165, 1.54) is 0 Å². The molecule has 13 fully saturated rings. The normalized spacial score (nSPS) is 84.8. The molecule has 13 rings (SSSR count). The van der Waals surface area contributed by atoms with E-state index >= 15 is 0 Å². The number of hydrogen-bond donors (Lipinski definition) is 0. The van der Waals surface area contributed by atoms with Gasteiger partial charge in [-0.3, -0.25) is 0 Å². The molecule has 0 aromatic heterocycles. The molecule has 0 N–H and O–H groups in total. The zero-order valence-electron chi connectivity index (χ0n) is 13.1. The van der Waals surface area contributed by atoms with Crippen molar-refractivity contribution in [1.29, 1.82) is 0 Å². The van der Waals surface area contributed by atoms with E-state index in [1.807, 2.05) is 0 Å². The molecule has 0 aliphatic heterocycles. The fraction of sp³-hybridized carbons (Fsp3) is 1.00. The van der Waals surface area contributed by atoms with Gasteiger partial charge in [0.25, 0.3) is 0 Å². The Kier molecular flexibility index (Phi) is 1.32. The predicted octanol–water partition coefficient (Wildman–Crippen LogP) is 4.45. The molecule has 13 aliphatic rings. The molecule has 19 heavy (non-hydrogen) atoms. The topological polar surface area (TPSA) is 0 Å². The van der Waals surface area contributed by atoms with E-state index in [4.69, 9.17) is 0 Å². The summed E-state index contributed by atoms with van der Waals surface area (Å²) >= 11 is 0. The second kappa shape index (κ2) is 2.35. The van der Waals surface area contributed by atoms with Crippen LogP contribution in [0, 0.1) is 69.5 Å². The lowest BCUT2D eigenvalue weighted by molar-refractivity contribution is -0.380. The Morgan fingerprint density at radius 3 is 2.16 bits per heavy atom. The van der Waals surface area contributed by atoms with E-state index in [0.717, 1.165) is 64.1 Å². The second-order valence-electron chi connectivity index (χ2n) is 10.2. The zero-order chi connectivity index (χ0) is 13.1. The Morgan fingerprint density at radius 2 is 1.42 bits per heavy atom. The van der Waals surface area contributed by atoms with Crippen molar-refractivity contribution < 1.29 is 0 Å². The van der Waals surface area contributed by atoms with Gasteiger partial charge in [0.2, 0.25) is 0 Å². The van der Waals surface area contributed by atoms with Crippen molar-refractivity contribution in [3.05, 3.63) is 0 Å². The van der Waals surface area contributed by atoms with Crippen molar-refractivity contribution in [2.24, 2.45) is 69.5 Å². The molecule has 10 bridgehead atoms. The van der Waals surface area contributed by atoms with Gasteiger partial charge in [-0.25, -0.2) is 0 Å². The molecule has 13 saturated carbocycles. The predicted molar refractivity (Wildman–Crippen MR) is 76.3 cm³/mol. The first-order chi connectivity index (χ1) is 8.88. The van der Waals surface area contributed by atoms with Crippen LogP contribution in [-0.2, 0) is 0 Å². The summed E-state index contributed by atoms with van der Waals surface area (Å²) < 4.78 is 0. The van der Waals surface area contributed by atoms with Gasteiger partial charge in [0.15, 0.2) is 0 Å². The maximum atomic E-state index is 2.74. The summed E-state index contributed by atoms with van der Waals surface area (Å²) in [5.41, 5.74) is 2.23. The molecule has 0 radical (unpaired) electrons. The molecule has 0 heteroatoms. The lowest BCUT2D eigenvalue weighted by Crippen LogP contribution is -2.81. The van der Waals surface area contributed by atoms with E-state index in [2.05, 4.69) is 34.6 Å². The average Bonchev–Trinajstić information content (AvgIpc) is 2.54. The van der Waals surface area contributed by atoms with Gasteiger partial charge in [0.05, 0.1) is 0 Å². The highest BCUT2D eigenvalue weighted by molar-refractivity contribution is 5.36. The monoisotopic (exact) mass is 256 g/mol. The summed E-state index contributed by atoms with van der Waals surface area (Å²) in [6.07, 6.45) is 3.21. The molecule has 0 spiro atoms. The molecule has 12 unspecified atom stereocenters. The van der Waals surface area contributed by atoms with E-state index in [-0.39, 0.29) is 0 Å². The summed E-state index contributed by atoms with van der Waals surface area (Å²) in [7, 11) is 0. The van der Waals surface area contributed by atoms with E-state index in [9.17, 15) is 0 Å². The fourth-order valence-corrected chi connectivity index (χ4v) is 10.5. The third kappa shape index (κ3) is 0.638. The summed E-state index contributed by atoms with van der Waals surface area (Å²) in [5, 5.41) is 0. The minimum Gasteiger partial charge on any atom is -0.0617 e. The van der Waals surface area contributed by atoms with Crippen LogP contribution in [0.25, 0.3) is 0 Å². The minimum atomic E-state index is 0.709.